The number of hydrogen-bond acceptors (Lipinski definition) is 2. The van der Waals surface area contributed by atoms with Gasteiger partial charge in [-0.05, 0) is 54.7 Å². The molecule has 0 radical (unpaired) electrons. The van der Waals surface area contributed by atoms with Gasteiger partial charge in [-0.2, -0.15) is 0 Å². The summed E-state index contributed by atoms with van der Waals surface area (Å²) in [7, 11) is 0. The van der Waals surface area contributed by atoms with Gasteiger partial charge in [-0.3, -0.25) is 0 Å². The van der Waals surface area contributed by atoms with E-state index in [-0.39, 0.29) is 5.75 Å². The van der Waals surface area contributed by atoms with Crippen molar-refractivity contribution in [1.29, 1.82) is 0 Å². The summed E-state index contributed by atoms with van der Waals surface area (Å²) in [5, 5.41) is 3.38. The lowest BCUT2D eigenvalue weighted by atomic mass is 10.0. The largest absolute Gasteiger partial charge is 0.573 e. The molecular formula is C15H18F3NO. The molecule has 1 N–H and O–H groups in total. The van der Waals surface area contributed by atoms with Gasteiger partial charge in [0.25, 0.3) is 0 Å². The predicted molar refractivity (Wildman–Crippen MR) is 69.2 cm³/mol. The first kappa shape index (κ1) is 13.7. The predicted octanol–water partition coefficient (Wildman–Crippen LogP) is 3.87. The van der Waals surface area contributed by atoms with Crippen molar-refractivity contribution in [3.8, 4) is 5.75 Å². The zero-order chi connectivity index (χ0) is 14.2. The maximum Gasteiger partial charge on any atom is 0.573 e. The molecule has 0 saturated heterocycles. The first-order valence-corrected chi connectivity index (χ1v) is 7.02. The molecule has 0 heterocycles. The van der Waals surface area contributed by atoms with Crippen molar-refractivity contribution in [2.45, 2.75) is 38.6 Å². The first-order valence-electron chi connectivity index (χ1n) is 7.02. The quantitative estimate of drug-likeness (QED) is 0.857. The molecule has 0 aliphatic heterocycles. The summed E-state index contributed by atoms with van der Waals surface area (Å²) in [4.78, 5) is 0. The fourth-order valence-electron chi connectivity index (χ4n) is 2.89. The van der Waals surface area contributed by atoms with Gasteiger partial charge in [0.2, 0.25) is 0 Å². The SMILES string of the molecule is FC(F)(F)Oc1cccc(CNCC2(C3CC3)CC2)c1. The molecule has 0 amide bonds. The molecule has 2 fully saturated rings. The molecule has 3 rings (SSSR count). The van der Waals surface area contributed by atoms with Crippen molar-refractivity contribution >= 4 is 0 Å². The third kappa shape index (κ3) is 3.45. The minimum atomic E-state index is -4.63. The monoisotopic (exact) mass is 285 g/mol. The second kappa shape index (κ2) is 4.95. The lowest BCUT2D eigenvalue weighted by Gasteiger charge is -2.15. The highest BCUT2D eigenvalue weighted by Crippen LogP contribution is 2.60. The number of nitrogens with one attached hydrogen (secondary N) is 1. The van der Waals surface area contributed by atoms with E-state index in [1.165, 1.54) is 37.8 Å². The molecule has 2 nitrogen and oxygen atoms in total. The van der Waals surface area contributed by atoms with Gasteiger partial charge in [0.1, 0.15) is 5.75 Å². The highest BCUT2D eigenvalue weighted by atomic mass is 19.4. The lowest BCUT2D eigenvalue weighted by molar-refractivity contribution is -0.274. The molecule has 0 bridgehead atoms. The molecule has 2 saturated carbocycles. The van der Waals surface area contributed by atoms with Crippen molar-refractivity contribution < 1.29 is 17.9 Å². The van der Waals surface area contributed by atoms with Crippen LogP contribution in [0, 0.1) is 11.3 Å². The number of alkyl halides is 3. The van der Waals surface area contributed by atoms with E-state index in [0.29, 0.717) is 12.0 Å². The molecule has 1 aromatic rings. The van der Waals surface area contributed by atoms with Crippen molar-refractivity contribution in [1.82, 2.24) is 5.32 Å². The van der Waals surface area contributed by atoms with Crippen molar-refractivity contribution in [3.05, 3.63) is 29.8 Å². The Morgan fingerprint density at radius 2 is 2.00 bits per heavy atom. The molecule has 0 spiro atoms. The molecule has 2 aliphatic rings. The highest BCUT2D eigenvalue weighted by molar-refractivity contribution is 5.28. The van der Waals surface area contributed by atoms with Gasteiger partial charge >= 0.3 is 6.36 Å². The van der Waals surface area contributed by atoms with E-state index in [0.717, 1.165) is 18.0 Å². The van der Waals surface area contributed by atoms with Crippen LogP contribution in [0.25, 0.3) is 0 Å². The molecule has 0 unspecified atom stereocenters. The third-order valence-corrected chi connectivity index (χ3v) is 4.27. The molecule has 1 aromatic carbocycles. The van der Waals surface area contributed by atoms with Crippen LogP contribution in [0.3, 0.4) is 0 Å². The van der Waals surface area contributed by atoms with Crippen LogP contribution >= 0.6 is 0 Å². The Kier molecular flexibility index (Phi) is 3.40. The maximum absolute atomic E-state index is 12.1. The number of ether oxygens (including phenoxy) is 1. The molecule has 5 heteroatoms. The van der Waals surface area contributed by atoms with E-state index in [1.54, 1.807) is 6.07 Å². The van der Waals surface area contributed by atoms with Crippen LogP contribution in [-0.4, -0.2) is 12.9 Å². The fourth-order valence-corrected chi connectivity index (χ4v) is 2.89. The number of rotatable bonds is 6. The average Bonchev–Trinajstić information content (AvgIpc) is 3.22. The lowest BCUT2D eigenvalue weighted by Crippen LogP contribution is -2.25. The highest BCUT2D eigenvalue weighted by Gasteiger charge is 2.53. The topological polar surface area (TPSA) is 21.3 Å². The van der Waals surface area contributed by atoms with Gasteiger partial charge in [0.05, 0.1) is 0 Å². The van der Waals surface area contributed by atoms with Crippen LogP contribution < -0.4 is 10.1 Å². The fraction of sp³-hybridized carbons (Fsp3) is 0.600. The van der Waals surface area contributed by atoms with Gasteiger partial charge in [-0.15, -0.1) is 13.2 Å². The summed E-state index contributed by atoms with van der Waals surface area (Å²) in [6, 6.07) is 6.17. The smallest absolute Gasteiger partial charge is 0.406 e. The minimum Gasteiger partial charge on any atom is -0.406 e. The summed E-state index contributed by atoms with van der Waals surface area (Å²) in [5.41, 5.74) is 1.32. The Hall–Kier alpha value is -1.23. The molecule has 110 valence electrons. The Labute approximate surface area is 116 Å². The Balaban J connectivity index is 1.51. The molecule has 20 heavy (non-hydrogen) atoms. The number of hydrogen-bond donors (Lipinski definition) is 1. The van der Waals surface area contributed by atoms with Gasteiger partial charge in [-0.25, -0.2) is 0 Å². The van der Waals surface area contributed by atoms with Crippen molar-refractivity contribution in [3.63, 3.8) is 0 Å². The first-order chi connectivity index (χ1) is 9.47. The van der Waals surface area contributed by atoms with E-state index in [4.69, 9.17) is 0 Å². The minimum absolute atomic E-state index is 0.153. The second-order valence-electron chi connectivity index (χ2n) is 5.94. The Bertz CT molecular complexity index is 478. The van der Waals surface area contributed by atoms with Gasteiger partial charge in [-0.1, -0.05) is 12.1 Å². The van der Waals surface area contributed by atoms with Gasteiger partial charge in [0.15, 0.2) is 0 Å². The van der Waals surface area contributed by atoms with Crippen LogP contribution in [0.4, 0.5) is 13.2 Å². The van der Waals surface area contributed by atoms with Crippen molar-refractivity contribution in [2.75, 3.05) is 6.54 Å². The summed E-state index contributed by atoms with van der Waals surface area (Å²) in [6.07, 6.45) is 0.646. The summed E-state index contributed by atoms with van der Waals surface area (Å²) >= 11 is 0. The second-order valence-corrected chi connectivity index (χ2v) is 5.94. The van der Waals surface area contributed by atoms with Crippen LogP contribution in [-0.2, 0) is 6.54 Å². The van der Waals surface area contributed by atoms with Crippen LogP contribution in [0.5, 0.6) is 5.75 Å². The van der Waals surface area contributed by atoms with E-state index in [1.807, 2.05) is 6.07 Å². The summed E-state index contributed by atoms with van der Waals surface area (Å²) < 4.78 is 40.4. The number of halogens is 3. The van der Waals surface area contributed by atoms with Gasteiger partial charge in [0, 0.05) is 13.1 Å². The third-order valence-electron chi connectivity index (χ3n) is 4.27. The average molecular weight is 285 g/mol. The van der Waals surface area contributed by atoms with Crippen LogP contribution in [0.2, 0.25) is 0 Å². The van der Waals surface area contributed by atoms with E-state index < -0.39 is 6.36 Å². The van der Waals surface area contributed by atoms with E-state index in [9.17, 15) is 13.2 Å². The zero-order valence-corrected chi connectivity index (χ0v) is 11.2. The summed E-state index contributed by atoms with van der Waals surface area (Å²) in [6.45, 7) is 1.56. The normalized spacial score (nSPS) is 20.8. The van der Waals surface area contributed by atoms with E-state index >= 15 is 0 Å². The maximum atomic E-state index is 12.1. The van der Waals surface area contributed by atoms with Gasteiger partial charge < -0.3 is 10.1 Å². The molecule has 2 aliphatic carbocycles. The molecule has 0 atom stereocenters. The zero-order valence-electron chi connectivity index (χ0n) is 11.2. The Morgan fingerprint density at radius 3 is 2.60 bits per heavy atom. The van der Waals surface area contributed by atoms with Crippen LogP contribution in [0.15, 0.2) is 24.3 Å². The number of benzene rings is 1. The summed E-state index contributed by atoms with van der Waals surface area (Å²) in [5.74, 6) is 0.732. The molecule has 0 aromatic heterocycles. The standard InChI is InChI=1S/C15H18F3NO/c16-15(17,18)20-13-3-1-2-11(8-13)9-19-10-14(6-7-14)12-4-5-12/h1-3,8,12,19H,4-7,9-10H2. The Morgan fingerprint density at radius 1 is 1.25 bits per heavy atom. The van der Waals surface area contributed by atoms with Crippen LogP contribution in [0.1, 0.15) is 31.2 Å². The van der Waals surface area contributed by atoms with Crippen molar-refractivity contribution in [2.24, 2.45) is 11.3 Å². The molecular weight excluding hydrogens is 267 g/mol. The van der Waals surface area contributed by atoms with E-state index in [2.05, 4.69) is 10.1 Å².